The van der Waals surface area contributed by atoms with E-state index in [1.54, 1.807) is 0 Å². The zero-order valence-electron chi connectivity index (χ0n) is 7.16. The molecule has 1 aromatic carbocycles. The second kappa shape index (κ2) is 5.18. The van der Waals surface area contributed by atoms with Gasteiger partial charge in [-0.3, -0.25) is 0 Å². The van der Waals surface area contributed by atoms with E-state index >= 15 is 0 Å². The number of hydrogen-bond donors (Lipinski definition) is 0. The number of halogens is 1. The molecule has 66 valence electrons. The number of rotatable bonds is 4. The van der Waals surface area contributed by atoms with Gasteiger partial charge in [0.15, 0.2) is 0 Å². The molecule has 1 aromatic rings. The van der Waals surface area contributed by atoms with Crippen molar-refractivity contribution in [1.29, 1.82) is 0 Å². The van der Waals surface area contributed by atoms with Gasteiger partial charge < -0.3 is 4.74 Å². The Labute approximate surface area is 78.3 Å². The van der Waals surface area contributed by atoms with Crippen molar-refractivity contribution >= 4 is 11.6 Å². The molecule has 0 amide bonds. The molecule has 0 aliphatic rings. The topological polar surface area (TPSA) is 9.23 Å². The molecule has 0 saturated carbocycles. The normalized spacial score (nSPS) is 12.8. The summed E-state index contributed by atoms with van der Waals surface area (Å²) >= 11 is 5.72. The number of ether oxygens (including phenoxy) is 1. The van der Waals surface area contributed by atoms with Crippen LogP contribution in [0.2, 0.25) is 0 Å². The molecule has 1 unspecified atom stereocenters. The summed E-state index contributed by atoms with van der Waals surface area (Å²) in [5.74, 6) is 0. The van der Waals surface area contributed by atoms with Crippen molar-refractivity contribution in [3.63, 3.8) is 0 Å². The van der Waals surface area contributed by atoms with Crippen molar-refractivity contribution in [2.24, 2.45) is 0 Å². The molecule has 2 heteroatoms. The molecule has 0 N–H and O–H groups in total. The Morgan fingerprint density at radius 2 is 2.00 bits per heavy atom. The largest absolute Gasteiger partial charge is 0.375 e. The van der Waals surface area contributed by atoms with Crippen LogP contribution in [0.4, 0.5) is 0 Å². The molecule has 0 heterocycles. The minimum absolute atomic E-state index is 0.0914. The van der Waals surface area contributed by atoms with Crippen LogP contribution in [0.25, 0.3) is 0 Å². The van der Waals surface area contributed by atoms with Gasteiger partial charge in [0.05, 0.1) is 18.6 Å². The molecule has 0 aliphatic carbocycles. The lowest BCUT2D eigenvalue weighted by Gasteiger charge is -2.04. The van der Waals surface area contributed by atoms with Crippen molar-refractivity contribution in [2.75, 3.05) is 6.61 Å². The Kier molecular flexibility index (Phi) is 4.12. The maximum Gasteiger partial charge on any atom is 0.0717 e. The lowest BCUT2D eigenvalue weighted by molar-refractivity contribution is 0.123. The van der Waals surface area contributed by atoms with E-state index in [-0.39, 0.29) is 5.38 Å². The van der Waals surface area contributed by atoms with Crippen LogP contribution in [0.1, 0.15) is 12.5 Å². The molecule has 1 nitrogen and oxygen atoms in total. The van der Waals surface area contributed by atoms with Gasteiger partial charge >= 0.3 is 0 Å². The molecular formula is C10H13ClO. The Morgan fingerprint density at radius 3 is 2.58 bits per heavy atom. The molecule has 1 rings (SSSR count). The standard InChI is InChI=1S/C10H13ClO/c1-9(11)7-12-8-10-5-3-2-4-6-10/h2-6,9H,7-8H2,1H3. The summed E-state index contributed by atoms with van der Waals surface area (Å²) in [6, 6.07) is 10.1. The summed E-state index contributed by atoms with van der Waals surface area (Å²) in [6.07, 6.45) is 0. The van der Waals surface area contributed by atoms with E-state index in [9.17, 15) is 0 Å². The Morgan fingerprint density at radius 1 is 1.33 bits per heavy atom. The highest BCUT2D eigenvalue weighted by atomic mass is 35.5. The van der Waals surface area contributed by atoms with Gasteiger partial charge in [0.2, 0.25) is 0 Å². The SMILES string of the molecule is CC(Cl)COCc1ccccc1. The molecule has 0 bridgehead atoms. The van der Waals surface area contributed by atoms with Crippen molar-refractivity contribution < 1.29 is 4.74 Å². The Hall–Kier alpha value is -0.530. The van der Waals surface area contributed by atoms with Gasteiger partial charge in [-0.15, -0.1) is 11.6 Å². The highest BCUT2D eigenvalue weighted by molar-refractivity contribution is 6.20. The van der Waals surface area contributed by atoms with Crippen molar-refractivity contribution in [3.8, 4) is 0 Å². The van der Waals surface area contributed by atoms with Crippen molar-refractivity contribution in [2.45, 2.75) is 18.9 Å². The quantitative estimate of drug-likeness (QED) is 0.654. The van der Waals surface area contributed by atoms with E-state index in [1.807, 2.05) is 37.3 Å². The van der Waals surface area contributed by atoms with Crippen LogP contribution in [-0.2, 0) is 11.3 Å². The molecule has 0 aliphatic heterocycles. The fourth-order valence-corrected chi connectivity index (χ4v) is 1.00. The molecule has 12 heavy (non-hydrogen) atoms. The second-order valence-corrected chi connectivity index (χ2v) is 3.53. The van der Waals surface area contributed by atoms with E-state index in [2.05, 4.69) is 0 Å². The monoisotopic (exact) mass is 184 g/mol. The zero-order chi connectivity index (χ0) is 8.81. The minimum Gasteiger partial charge on any atom is -0.375 e. The van der Waals surface area contributed by atoms with E-state index in [0.717, 1.165) is 0 Å². The van der Waals surface area contributed by atoms with Crippen LogP contribution in [0, 0.1) is 0 Å². The van der Waals surface area contributed by atoms with Crippen molar-refractivity contribution in [3.05, 3.63) is 35.9 Å². The average Bonchev–Trinajstić information content (AvgIpc) is 2.05. The van der Waals surface area contributed by atoms with Crippen LogP contribution < -0.4 is 0 Å². The van der Waals surface area contributed by atoms with Crippen LogP contribution in [0.15, 0.2) is 30.3 Å². The third kappa shape index (κ3) is 3.74. The summed E-state index contributed by atoms with van der Waals surface area (Å²) in [5, 5.41) is 0.0914. The molecule has 0 fully saturated rings. The van der Waals surface area contributed by atoms with Crippen LogP contribution in [-0.4, -0.2) is 12.0 Å². The predicted molar refractivity (Wildman–Crippen MR) is 51.4 cm³/mol. The summed E-state index contributed by atoms with van der Waals surface area (Å²) in [4.78, 5) is 0. The summed E-state index contributed by atoms with van der Waals surface area (Å²) < 4.78 is 5.35. The van der Waals surface area contributed by atoms with Gasteiger partial charge in [-0.2, -0.15) is 0 Å². The summed E-state index contributed by atoms with van der Waals surface area (Å²) in [5.41, 5.74) is 1.19. The number of alkyl halides is 1. The maximum absolute atomic E-state index is 5.72. The van der Waals surface area contributed by atoms with Crippen LogP contribution >= 0.6 is 11.6 Å². The zero-order valence-corrected chi connectivity index (χ0v) is 7.92. The molecular weight excluding hydrogens is 172 g/mol. The Balaban J connectivity index is 2.25. The van der Waals surface area contributed by atoms with Gasteiger partial charge in [-0.25, -0.2) is 0 Å². The second-order valence-electron chi connectivity index (χ2n) is 2.78. The van der Waals surface area contributed by atoms with Gasteiger partial charge in [-0.05, 0) is 12.5 Å². The van der Waals surface area contributed by atoms with E-state index in [1.165, 1.54) is 5.56 Å². The van der Waals surface area contributed by atoms with E-state index in [4.69, 9.17) is 16.3 Å². The predicted octanol–water partition coefficient (Wildman–Crippen LogP) is 2.83. The summed E-state index contributed by atoms with van der Waals surface area (Å²) in [7, 11) is 0. The first kappa shape index (κ1) is 9.56. The molecule has 0 aromatic heterocycles. The van der Waals surface area contributed by atoms with Gasteiger partial charge in [0.1, 0.15) is 0 Å². The van der Waals surface area contributed by atoms with Crippen molar-refractivity contribution in [1.82, 2.24) is 0 Å². The Bertz CT molecular complexity index is 208. The third-order valence-electron chi connectivity index (χ3n) is 1.46. The van der Waals surface area contributed by atoms with Crippen LogP contribution in [0.5, 0.6) is 0 Å². The average molecular weight is 185 g/mol. The lowest BCUT2D eigenvalue weighted by Crippen LogP contribution is -2.04. The van der Waals surface area contributed by atoms with Gasteiger partial charge in [-0.1, -0.05) is 30.3 Å². The smallest absolute Gasteiger partial charge is 0.0717 e. The first-order valence-electron chi connectivity index (χ1n) is 4.05. The molecule has 0 saturated heterocycles. The first-order chi connectivity index (χ1) is 5.79. The van der Waals surface area contributed by atoms with E-state index < -0.39 is 0 Å². The third-order valence-corrected chi connectivity index (χ3v) is 1.59. The summed E-state index contributed by atoms with van der Waals surface area (Å²) in [6.45, 7) is 3.18. The molecule has 1 atom stereocenters. The molecule has 0 spiro atoms. The highest BCUT2D eigenvalue weighted by Crippen LogP contribution is 2.02. The minimum atomic E-state index is 0.0914. The van der Waals surface area contributed by atoms with E-state index in [0.29, 0.717) is 13.2 Å². The number of hydrogen-bond acceptors (Lipinski definition) is 1. The first-order valence-corrected chi connectivity index (χ1v) is 4.48. The number of benzene rings is 1. The maximum atomic E-state index is 5.72. The van der Waals surface area contributed by atoms with Gasteiger partial charge in [0, 0.05) is 0 Å². The van der Waals surface area contributed by atoms with Crippen LogP contribution in [0.3, 0.4) is 0 Å². The fourth-order valence-electron chi connectivity index (χ4n) is 0.913. The molecule has 0 radical (unpaired) electrons. The lowest BCUT2D eigenvalue weighted by atomic mass is 10.2. The highest BCUT2D eigenvalue weighted by Gasteiger charge is 1.95. The van der Waals surface area contributed by atoms with Gasteiger partial charge in [0.25, 0.3) is 0 Å². The fraction of sp³-hybridized carbons (Fsp3) is 0.400.